The van der Waals surface area contributed by atoms with Crippen molar-refractivity contribution in [2.24, 2.45) is 0 Å². The van der Waals surface area contributed by atoms with Gasteiger partial charge in [0.2, 0.25) is 0 Å². The Morgan fingerprint density at radius 1 is 0.920 bits per heavy atom. The van der Waals surface area contributed by atoms with E-state index in [0.29, 0.717) is 5.69 Å². The zero-order valence-corrected chi connectivity index (χ0v) is 14.9. The highest BCUT2D eigenvalue weighted by Gasteiger charge is 2.11. The van der Waals surface area contributed by atoms with Crippen LogP contribution in [0.5, 0.6) is 11.5 Å². The van der Waals surface area contributed by atoms with Crippen LogP contribution in [-0.2, 0) is 0 Å². The topological polar surface area (TPSA) is 54.1 Å². The maximum Gasteiger partial charge on any atom is 0.271 e. The second kappa shape index (κ2) is 6.85. The Bertz CT molecular complexity index is 974. The van der Waals surface area contributed by atoms with Crippen LogP contribution in [-0.4, -0.2) is 12.0 Å². The Hall–Kier alpha value is -3.01. The molecule has 0 saturated carbocycles. The lowest BCUT2D eigenvalue weighted by molar-refractivity contribution is 0.480. The van der Waals surface area contributed by atoms with Crippen LogP contribution in [0.2, 0.25) is 0 Å². The summed E-state index contributed by atoms with van der Waals surface area (Å²) in [6, 6.07) is 14.0. The molecule has 0 saturated heterocycles. The van der Waals surface area contributed by atoms with Crippen LogP contribution in [0.3, 0.4) is 0 Å². The molecule has 0 spiro atoms. The Balaban J connectivity index is 2.08. The number of aryl methyl sites for hydroxylation is 3. The van der Waals surface area contributed by atoms with Crippen LogP contribution >= 0.6 is 0 Å². The zero-order valence-electron chi connectivity index (χ0n) is 14.9. The largest absolute Gasteiger partial charge is 0.456 e. The lowest BCUT2D eigenvalue weighted by Gasteiger charge is -2.15. The molecule has 0 atom stereocenters. The molecule has 0 aliphatic carbocycles. The summed E-state index contributed by atoms with van der Waals surface area (Å²) in [5.74, 6) is 1.58. The number of ether oxygens (including phenoxy) is 1. The molecule has 0 bridgehead atoms. The number of nitrogens with one attached hydrogen (secondary N) is 2. The number of hydrogen-bond acceptors (Lipinski definition) is 3. The Kier molecular flexibility index (Phi) is 4.61. The van der Waals surface area contributed by atoms with Gasteiger partial charge in [-0.2, -0.15) is 0 Å². The van der Waals surface area contributed by atoms with Crippen LogP contribution in [0.25, 0.3) is 11.1 Å². The van der Waals surface area contributed by atoms with Crippen LogP contribution < -0.4 is 15.6 Å². The van der Waals surface area contributed by atoms with E-state index in [1.54, 1.807) is 13.2 Å². The molecule has 0 fully saturated rings. The Morgan fingerprint density at radius 2 is 1.60 bits per heavy atom. The van der Waals surface area contributed by atoms with Gasteiger partial charge in [-0.3, -0.25) is 4.79 Å². The van der Waals surface area contributed by atoms with E-state index >= 15 is 0 Å². The van der Waals surface area contributed by atoms with Crippen molar-refractivity contribution in [1.29, 1.82) is 0 Å². The third-order valence-electron chi connectivity index (χ3n) is 4.17. The standard InChI is InChI=1S/C21H22N2O2/c1-13-5-7-19(15(3)9-13)25-20-8-6-14(2)10-17(20)16-11-18(22-4)21(24)23-12-16/h5-12,22H,1-4H3,(H,23,24). The highest BCUT2D eigenvalue weighted by molar-refractivity contribution is 5.73. The van der Waals surface area contributed by atoms with Gasteiger partial charge in [0.15, 0.2) is 0 Å². The Labute approximate surface area is 147 Å². The van der Waals surface area contributed by atoms with E-state index in [1.165, 1.54) is 5.56 Å². The minimum atomic E-state index is -0.143. The molecule has 0 aliphatic rings. The molecule has 0 unspecified atom stereocenters. The van der Waals surface area contributed by atoms with Crippen molar-refractivity contribution in [2.45, 2.75) is 20.8 Å². The molecule has 2 N–H and O–H groups in total. The SMILES string of the molecule is CNc1cc(-c2cc(C)ccc2Oc2ccc(C)cc2C)c[nH]c1=O. The van der Waals surface area contributed by atoms with Gasteiger partial charge in [-0.05, 0) is 50.6 Å². The number of rotatable bonds is 4. The summed E-state index contributed by atoms with van der Waals surface area (Å²) in [5, 5.41) is 2.92. The van der Waals surface area contributed by atoms with Gasteiger partial charge < -0.3 is 15.0 Å². The molecule has 0 radical (unpaired) electrons. The van der Waals surface area contributed by atoms with Gasteiger partial charge in [-0.15, -0.1) is 0 Å². The fourth-order valence-electron chi connectivity index (χ4n) is 2.82. The van der Waals surface area contributed by atoms with Gasteiger partial charge in [0.1, 0.15) is 17.2 Å². The third kappa shape index (κ3) is 3.58. The maximum atomic E-state index is 11.8. The number of aromatic amines is 1. The summed E-state index contributed by atoms with van der Waals surface area (Å²) in [7, 11) is 1.73. The van der Waals surface area contributed by atoms with Crippen molar-refractivity contribution in [3.05, 3.63) is 75.7 Å². The van der Waals surface area contributed by atoms with E-state index < -0.39 is 0 Å². The second-order valence-corrected chi connectivity index (χ2v) is 6.25. The van der Waals surface area contributed by atoms with E-state index in [2.05, 4.69) is 29.4 Å². The molecule has 4 heteroatoms. The molecule has 25 heavy (non-hydrogen) atoms. The lowest BCUT2D eigenvalue weighted by atomic mass is 10.0. The van der Waals surface area contributed by atoms with Crippen molar-refractivity contribution in [3.63, 3.8) is 0 Å². The molecule has 1 heterocycles. The summed E-state index contributed by atoms with van der Waals surface area (Å²) >= 11 is 0. The molecular formula is C21H22N2O2. The molecule has 0 aliphatic heterocycles. The van der Waals surface area contributed by atoms with E-state index in [9.17, 15) is 4.79 Å². The fraction of sp³-hybridized carbons (Fsp3) is 0.190. The molecular weight excluding hydrogens is 312 g/mol. The predicted octanol–water partition coefficient (Wildman–Crippen LogP) is 4.80. The third-order valence-corrected chi connectivity index (χ3v) is 4.17. The quantitative estimate of drug-likeness (QED) is 0.720. The van der Waals surface area contributed by atoms with Crippen molar-refractivity contribution in [2.75, 3.05) is 12.4 Å². The van der Waals surface area contributed by atoms with Gasteiger partial charge in [-0.1, -0.05) is 29.3 Å². The average molecular weight is 334 g/mol. The first kappa shape index (κ1) is 16.8. The van der Waals surface area contributed by atoms with Crippen molar-refractivity contribution < 1.29 is 4.74 Å². The molecule has 3 aromatic rings. The second-order valence-electron chi connectivity index (χ2n) is 6.25. The van der Waals surface area contributed by atoms with Crippen LogP contribution in [0.4, 0.5) is 5.69 Å². The highest BCUT2D eigenvalue weighted by Crippen LogP contribution is 2.35. The van der Waals surface area contributed by atoms with Crippen molar-refractivity contribution >= 4 is 5.69 Å². The summed E-state index contributed by atoms with van der Waals surface area (Å²) in [6.07, 6.45) is 1.72. The normalized spacial score (nSPS) is 10.6. The minimum Gasteiger partial charge on any atom is -0.456 e. The monoisotopic (exact) mass is 334 g/mol. The molecule has 2 aromatic carbocycles. The van der Waals surface area contributed by atoms with Crippen molar-refractivity contribution in [3.8, 4) is 22.6 Å². The van der Waals surface area contributed by atoms with Gasteiger partial charge in [0.05, 0.1) is 0 Å². The van der Waals surface area contributed by atoms with Gasteiger partial charge in [-0.25, -0.2) is 0 Å². The summed E-state index contributed by atoms with van der Waals surface area (Å²) in [5.41, 5.74) is 5.63. The average Bonchev–Trinajstić information content (AvgIpc) is 2.59. The first-order valence-corrected chi connectivity index (χ1v) is 8.24. The van der Waals surface area contributed by atoms with Gasteiger partial charge in [0, 0.05) is 24.4 Å². The summed E-state index contributed by atoms with van der Waals surface area (Å²) in [4.78, 5) is 14.6. The molecule has 3 rings (SSSR count). The first-order valence-electron chi connectivity index (χ1n) is 8.24. The molecule has 128 valence electrons. The van der Waals surface area contributed by atoms with E-state index in [-0.39, 0.29) is 5.56 Å². The van der Waals surface area contributed by atoms with E-state index in [1.807, 2.05) is 44.2 Å². The summed E-state index contributed by atoms with van der Waals surface area (Å²) in [6.45, 7) is 6.14. The Morgan fingerprint density at radius 3 is 2.28 bits per heavy atom. The number of anilines is 1. The fourth-order valence-corrected chi connectivity index (χ4v) is 2.82. The van der Waals surface area contributed by atoms with Crippen LogP contribution in [0.15, 0.2) is 53.5 Å². The van der Waals surface area contributed by atoms with E-state index in [4.69, 9.17) is 4.74 Å². The first-order chi connectivity index (χ1) is 12.0. The highest BCUT2D eigenvalue weighted by atomic mass is 16.5. The summed E-state index contributed by atoms with van der Waals surface area (Å²) < 4.78 is 6.20. The molecule has 1 aromatic heterocycles. The predicted molar refractivity (Wildman–Crippen MR) is 103 cm³/mol. The van der Waals surface area contributed by atoms with Crippen molar-refractivity contribution in [1.82, 2.24) is 4.98 Å². The van der Waals surface area contributed by atoms with Crippen LogP contribution in [0, 0.1) is 20.8 Å². The molecule has 0 amide bonds. The lowest BCUT2D eigenvalue weighted by Crippen LogP contribution is -2.10. The van der Waals surface area contributed by atoms with Gasteiger partial charge >= 0.3 is 0 Å². The number of hydrogen-bond donors (Lipinski definition) is 2. The van der Waals surface area contributed by atoms with Gasteiger partial charge in [0.25, 0.3) is 5.56 Å². The number of benzene rings is 2. The zero-order chi connectivity index (χ0) is 18.0. The smallest absolute Gasteiger partial charge is 0.271 e. The minimum absolute atomic E-state index is 0.143. The van der Waals surface area contributed by atoms with Crippen LogP contribution in [0.1, 0.15) is 16.7 Å². The number of H-pyrrole nitrogens is 1. The van der Waals surface area contributed by atoms with E-state index in [0.717, 1.165) is 33.8 Å². The molecule has 4 nitrogen and oxygen atoms in total. The maximum absolute atomic E-state index is 11.8. The number of pyridine rings is 1. The number of aromatic nitrogens is 1.